The number of hydrogen-bond donors (Lipinski definition) is 2. The first-order chi connectivity index (χ1) is 10.2. The molecule has 0 spiro atoms. The lowest BCUT2D eigenvalue weighted by molar-refractivity contribution is 0.749. The van der Waals surface area contributed by atoms with Gasteiger partial charge in [0.1, 0.15) is 5.82 Å². The second-order valence-corrected chi connectivity index (χ2v) is 5.65. The van der Waals surface area contributed by atoms with E-state index in [4.69, 9.17) is 11.6 Å². The number of imidazole rings is 1. The van der Waals surface area contributed by atoms with Gasteiger partial charge >= 0.3 is 0 Å². The monoisotopic (exact) mass is 299 g/mol. The average molecular weight is 300 g/mol. The summed E-state index contributed by atoms with van der Waals surface area (Å²) >= 11 is 5.96. The zero-order valence-corrected chi connectivity index (χ0v) is 12.9. The zero-order chi connectivity index (χ0) is 14.8. The highest BCUT2D eigenvalue weighted by Crippen LogP contribution is 2.25. The Morgan fingerprint density at radius 1 is 1.19 bits per heavy atom. The van der Waals surface area contributed by atoms with Crippen LogP contribution in [-0.2, 0) is 0 Å². The molecule has 2 aromatic carbocycles. The highest BCUT2D eigenvalue weighted by molar-refractivity contribution is 6.30. The summed E-state index contributed by atoms with van der Waals surface area (Å²) in [6, 6.07) is 14.5. The molecule has 3 nitrogen and oxygen atoms in total. The molecule has 2 N–H and O–H groups in total. The first-order valence-corrected chi connectivity index (χ1v) is 7.52. The minimum absolute atomic E-state index is 0.267. The van der Waals surface area contributed by atoms with Crippen LogP contribution in [0.25, 0.3) is 11.0 Å². The van der Waals surface area contributed by atoms with Gasteiger partial charge in [0.15, 0.2) is 0 Å². The van der Waals surface area contributed by atoms with Crippen molar-refractivity contribution in [2.45, 2.75) is 26.3 Å². The minimum atomic E-state index is 0.267. The molecule has 0 fully saturated rings. The van der Waals surface area contributed by atoms with E-state index in [2.05, 4.69) is 46.5 Å². The van der Waals surface area contributed by atoms with Gasteiger partial charge in [0.05, 0.1) is 17.1 Å². The van der Waals surface area contributed by atoms with E-state index in [9.17, 15) is 0 Å². The Kier molecular flexibility index (Phi) is 3.84. The van der Waals surface area contributed by atoms with Crippen LogP contribution in [0.5, 0.6) is 0 Å². The van der Waals surface area contributed by atoms with Crippen molar-refractivity contribution in [1.82, 2.24) is 9.97 Å². The maximum absolute atomic E-state index is 5.96. The van der Waals surface area contributed by atoms with E-state index in [1.165, 1.54) is 5.56 Å². The predicted octanol–water partition coefficient (Wildman–Crippen LogP) is 5.09. The fourth-order valence-electron chi connectivity index (χ4n) is 2.54. The topological polar surface area (TPSA) is 40.7 Å². The standard InChI is InChI=1S/C17H18ClN3/c1-3-15(12-4-6-13(18)7-5-12)21-14-8-9-16-17(10-14)20-11(2)19-16/h4-10,15,21H,3H2,1-2H3,(H,19,20). The van der Waals surface area contributed by atoms with Crippen molar-refractivity contribution in [1.29, 1.82) is 0 Å². The molecule has 1 aromatic heterocycles. The predicted molar refractivity (Wildman–Crippen MR) is 88.9 cm³/mol. The number of aromatic nitrogens is 2. The summed E-state index contributed by atoms with van der Waals surface area (Å²) in [5, 5.41) is 4.34. The van der Waals surface area contributed by atoms with Crippen molar-refractivity contribution in [3.63, 3.8) is 0 Å². The van der Waals surface area contributed by atoms with Gasteiger partial charge in [-0.05, 0) is 49.2 Å². The molecule has 0 bridgehead atoms. The number of fused-ring (bicyclic) bond motifs is 1. The van der Waals surface area contributed by atoms with E-state index in [1.807, 2.05) is 25.1 Å². The maximum Gasteiger partial charge on any atom is 0.104 e. The Hall–Kier alpha value is -2.00. The van der Waals surface area contributed by atoms with Gasteiger partial charge in [-0.3, -0.25) is 0 Å². The first-order valence-electron chi connectivity index (χ1n) is 7.14. The van der Waals surface area contributed by atoms with Gasteiger partial charge in [0, 0.05) is 10.7 Å². The highest BCUT2D eigenvalue weighted by Gasteiger charge is 2.10. The molecule has 3 rings (SSSR count). The van der Waals surface area contributed by atoms with Crippen LogP contribution < -0.4 is 5.32 Å². The quantitative estimate of drug-likeness (QED) is 0.704. The summed E-state index contributed by atoms with van der Waals surface area (Å²) in [4.78, 5) is 7.69. The van der Waals surface area contributed by atoms with Gasteiger partial charge < -0.3 is 10.3 Å². The molecule has 0 aliphatic carbocycles. The largest absolute Gasteiger partial charge is 0.378 e. The summed E-state index contributed by atoms with van der Waals surface area (Å²) < 4.78 is 0. The number of aryl methyl sites for hydroxylation is 1. The zero-order valence-electron chi connectivity index (χ0n) is 12.2. The molecule has 0 radical (unpaired) electrons. The molecular formula is C17H18ClN3. The number of nitrogens with one attached hydrogen (secondary N) is 2. The molecule has 108 valence electrons. The van der Waals surface area contributed by atoms with Gasteiger partial charge in [-0.1, -0.05) is 30.7 Å². The van der Waals surface area contributed by atoms with Crippen molar-refractivity contribution in [2.24, 2.45) is 0 Å². The maximum atomic E-state index is 5.96. The van der Waals surface area contributed by atoms with Crippen LogP contribution in [0.2, 0.25) is 5.02 Å². The van der Waals surface area contributed by atoms with Crippen molar-refractivity contribution < 1.29 is 0 Å². The number of H-pyrrole nitrogens is 1. The van der Waals surface area contributed by atoms with Gasteiger partial charge in [-0.25, -0.2) is 4.98 Å². The van der Waals surface area contributed by atoms with Crippen LogP contribution in [-0.4, -0.2) is 9.97 Å². The molecule has 1 heterocycles. The molecule has 0 aliphatic heterocycles. The van der Waals surface area contributed by atoms with E-state index < -0.39 is 0 Å². The minimum Gasteiger partial charge on any atom is -0.378 e. The summed E-state index contributed by atoms with van der Waals surface area (Å²) in [6.07, 6.45) is 1.00. The van der Waals surface area contributed by atoms with Gasteiger partial charge in [0.2, 0.25) is 0 Å². The molecular weight excluding hydrogens is 282 g/mol. The van der Waals surface area contributed by atoms with Crippen LogP contribution in [0.1, 0.15) is 30.8 Å². The van der Waals surface area contributed by atoms with Crippen LogP contribution >= 0.6 is 11.6 Å². The Labute approximate surface area is 129 Å². The van der Waals surface area contributed by atoms with E-state index in [0.29, 0.717) is 0 Å². The Balaban J connectivity index is 1.86. The van der Waals surface area contributed by atoms with Crippen LogP contribution in [0.15, 0.2) is 42.5 Å². The Bertz CT molecular complexity index is 746. The van der Waals surface area contributed by atoms with E-state index in [1.54, 1.807) is 0 Å². The van der Waals surface area contributed by atoms with E-state index in [-0.39, 0.29) is 6.04 Å². The molecule has 0 amide bonds. The third-order valence-electron chi connectivity index (χ3n) is 3.62. The molecule has 0 saturated heterocycles. The van der Waals surface area contributed by atoms with Crippen LogP contribution in [0, 0.1) is 6.92 Å². The number of hydrogen-bond acceptors (Lipinski definition) is 2. The number of halogens is 1. The van der Waals surface area contributed by atoms with Crippen molar-refractivity contribution in [2.75, 3.05) is 5.32 Å². The summed E-state index contributed by atoms with van der Waals surface area (Å²) in [5.74, 6) is 0.937. The number of nitrogens with zero attached hydrogens (tertiary/aromatic N) is 1. The second kappa shape index (κ2) is 5.78. The lowest BCUT2D eigenvalue weighted by Gasteiger charge is -2.19. The molecule has 0 aliphatic rings. The molecule has 1 unspecified atom stereocenters. The van der Waals surface area contributed by atoms with E-state index in [0.717, 1.165) is 34.0 Å². The van der Waals surface area contributed by atoms with Crippen molar-refractivity contribution in [3.8, 4) is 0 Å². The van der Waals surface area contributed by atoms with E-state index >= 15 is 0 Å². The SMILES string of the molecule is CCC(Nc1ccc2nc(C)[nH]c2c1)c1ccc(Cl)cc1. The molecule has 4 heteroatoms. The molecule has 1 atom stereocenters. The number of rotatable bonds is 4. The lowest BCUT2D eigenvalue weighted by atomic mass is 10.0. The van der Waals surface area contributed by atoms with Crippen molar-refractivity contribution >= 4 is 28.3 Å². The number of aromatic amines is 1. The smallest absolute Gasteiger partial charge is 0.104 e. The third kappa shape index (κ3) is 3.03. The lowest BCUT2D eigenvalue weighted by Crippen LogP contribution is -2.09. The van der Waals surface area contributed by atoms with Gasteiger partial charge in [0.25, 0.3) is 0 Å². The van der Waals surface area contributed by atoms with Crippen molar-refractivity contribution in [3.05, 3.63) is 58.9 Å². The third-order valence-corrected chi connectivity index (χ3v) is 3.87. The Morgan fingerprint density at radius 2 is 1.95 bits per heavy atom. The summed E-state index contributed by atoms with van der Waals surface area (Å²) in [6.45, 7) is 4.14. The fourth-order valence-corrected chi connectivity index (χ4v) is 2.67. The first kappa shape index (κ1) is 14.0. The van der Waals surface area contributed by atoms with Crippen LogP contribution in [0.3, 0.4) is 0 Å². The van der Waals surface area contributed by atoms with Crippen LogP contribution in [0.4, 0.5) is 5.69 Å². The summed E-state index contributed by atoms with van der Waals surface area (Å²) in [7, 11) is 0. The molecule has 21 heavy (non-hydrogen) atoms. The molecule has 3 aromatic rings. The number of anilines is 1. The fraction of sp³-hybridized carbons (Fsp3) is 0.235. The second-order valence-electron chi connectivity index (χ2n) is 5.21. The van der Waals surface area contributed by atoms with Gasteiger partial charge in [-0.15, -0.1) is 0 Å². The normalized spacial score (nSPS) is 12.5. The Morgan fingerprint density at radius 3 is 2.67 bits per heavy atom. The molecule has 0 saturated carbocycles. The summed E-state index contributed by atoms with van der Waals surface area (Å²) in [5.41, 5.74) is 4.39. The highest BCUT2D eigenvalue weighted by atomic mass is 35.5. The number of benzene rings is 2. The average Bonchev–Trinajstić information content (AvgIpc) is 2.85. The van der Waals surface area contributed by atoms with Gasteiger partial charge in [-0.2, -0.15) is 0 Å².